The summed E-state index contributed by atoms with van der Waals surface area (Å²) in [5.74, 6) is 0. The van der Waals surface area contributed by atoms with E-state index in [4.69, 9.17) is 0 Å². The smallest absolute Gasteiger partial charge is 0.0540 e. The Hall–Kier alpha value is -7.52. The molecular weight excluding hydrogens is 743 g/mol. The van der Waals surface area contributed by atoms with Crippen molar-refractivity contribution in [2.45, 2.75) is 0 Å². The van der Waals surface area contributed by atoms with Crippen LogP contribution in [-0.4, -0.2) is 0 Å². The zero-order chi connectivity index (χ0) is 39.8. The van der Waals surface area contributed by atoms with E-state index in [1.54, 1.807) is 0 Å². The van der Waals surface area contributed by atoms with Gasteiger partial charge < -0.3 is 4.90 Å². The summed E-state index contributed by atoms with van der Waals surface area (Å²) in [6.07, 6.45) is 0. The number of thiophene rings is 1. The molecule has 1 aromatic heterocycles. The Kier molecular flexibility index (Phi) is 9.11. The van der Waals surface area contributed by atoms with Crippen LogP contribution in [0.15, 0.2) is 237 Å². The fourth-order valence-electron chi connectivity index (χ4n) is 8.57. The van der Waals surface area contributed by atoms with Gasteiger partial charge in [0.2, 0.25) is 0 Å². The van der Waals surface area contributed by atoms with Crippen LogP contribution in [-0.2, 0) is 0 Å². The van der Waals surface area contributed by atoms with Crippen LogP contribution in [0.4, 0.5) is 17.1 Å². The van der Waals surface area contributed by atoms with Crippen molar-refractivity contribution in [3.63, 3.8) is 0 Å². The minimum Gasteiger partial charge on any atom is -0.310 e. The molecule has 282 valence electrons. The highest BCUT2D eigenvalue weighted by atomic mass is 32.1. The number of fused-ring (bicyclic) bond motifs is 4. The van der Waals surface area contributed by atoms with E-state index in [2.05, 4.69) is 241 Å². The molecular formula is C58H39NS. The third-order valence-corrected chi connectivity index (χ3v) is 12.8. The minimum atomic E-state index is 1.11. The van der Waals surface area contributed by atoms with Gasteiger partial charge in [0, 0.05) is 37.1 Å². The molecule has 0 aliphatic heterocycles. The monoisotopic (exact) mass is 781 g/mol. The third kappa shape index (κ3) is 6.73. The van der Waals surface area contributed by atoms with E-state index in [9.17, 15) is 0 Å². The standard InChI is InChI=1S/C58H39NS/c1-2-11-40(12-3-1)42-25-28-46(29-26-42)53-17-6-8-19-56(53)59(52-35-36-55-54-18-7-9-20-57(54)60-58(55)39-52)51-33-31-44(32-34-51)43-21-23-45(24-22-43)48-15-10-16-49(37-48)50-30-27-41-13-4-5-14-47(41)38-50/h1-39H. The quantitative estimate of drug-likeness (QED) is 0.148. The number of anilines is 3. The number of benzene rings is 10. The van der Waals surface area contributed by atoms with Gasteiger partial charge in [-0.2, -0.15) is 0 Å². The molecule has 0 fully saturated rings. The largest absolute Gasteiger partial charge is 0.310 e. The van der Waals surface area contributed by atoms with E-state index in [-0.39, 0.29) is 0 Å². The third-order valence-electron chi connectivity index (χ3n) is 11.7. The van der Waals surface area contributed by atoms with E-state index < -0.39 is 0 Å². The first kappa shape index (κ1) is 35.6. The van der Waals surface area contributed by atoms with Crippen LogP contribution in [0.2, 0.25) is 0 Å². The average molecular weight is 782 g/mol. The first-order valence-corrected chi connectivity index (χ1v) is 21.3. The lowest BCUT2D eigenvalue weighted by Gasteiger charge is -2.28. The van der Waals surface area contributed by atoms with Crippen molar-refractivity contribution in [2.24, 2.45) is 0 Å². The van der Waals surface area contributed by atoms with Gasteiger partial charge in [0.15, 0.2) is 0 Å². The van der Waals surface area contributed by atoms with E-state index >= 15 is 0 Å². The minimum absolute atomic E-state index is 1.11. The zero-order valence-corrected chi connectivity index (χ0v) is 33.7. The Morgan fingerprint density at radius 3 is 1.53 bits per heavy atom. The summed E-state index contributed by atoms with van der Waals surface area (Å²) in [4.78, 5) is 2.42. The second-order valence-corrected chi connectivity index (χ2v) is 16.4. The lowest BCUT2D eigenvalue weighted by molar-refractivity contribution is 1.29. The van der Waals surface area contributed by atoms with Crippen LogP contribution in [0.5, 0.6) is 0 Å². The topological polar surface area (TPSA) is 3.24 Å². The molecule has 10 aromatic carbocycles. The van der Waals surface area contributed by atoms with E-state index in [1.807, 2.05) is 11.3 Å². The van der Waals surface area contributed by atoms with E-state index in [0.717, 1.165) is 17.1 Å². The number of para-hydroxylation sites is 1. The van der Waals surface area contributed by atoms with Gasteiger partial charge in [0.1, 0.15) is 0 Å². The highest BCUT2D eigenvalue weighted by molar-refractivity contribution is 7.25. The SMILES string of the molecule is c1ccc(-c2ccc(-c3ccccc3N(c3ccc(-c4ccc(-c5cccc(-c6ccc7ccccc7c6)c5)cc4)cc3)c3ccc4c(c3)sc3ccccc34)cc2)cc1. The van der Waals surface area contributed by atoms with Gasteiger partial charge in [0.25, 0.3) is 0 Å². The van der Waals surface area contributed by atoms with Crippen LogP contribution >= 0.6 is 11.3 Å². The van der Waals surface area contributed by atoms with Gasteiger partial charge in [-0.15, -0.1) is 11.3 Å². The van der Waals surface area contributed by atoms with Crippen LogP contribution in [0.25, 0.3) is 86.6 Å². The summed E-state index contributed by atoms with van der Waals surface area (Å²) >= 11 is 1.86. The number of hydrogen-bond donors (Lipinski definition) is 0. The van der Waals surface area contributed by atoms with Crippen molar-refractivity contribution in [1.29, 1.82) is 0 Å². The van der Waals surface area contributed by atoms with Crippen molar-refractivity contribution in [1.82, 2.24) is 0 Å². The lowest BCUT2D eigenvalue weighted by atomic mass is 9.96. The summed E-state index contributed by atoms with van der Waals surface area (Å²) in [7, 11) is 0. The van der Waals surface area contributed by atoms with Crippen molar-refractivity contribution in [3.05, 3.63) is 237 Å². The molecule has 0 radical (unpaired) electrons. The van der Waals surface area contributed by atoms with Gasteiger partial charge in [-0.3, -0.25) is 0 Å². The molecule has 0 spiro atoms. The Morgan fingerprint density at radius 2 is 0.767 bits per heavy atom. The van der Waals surface area contributed by atoms with Crippen LogP contribution < -0.4 is 4.90 Å². The average Bonchev–Trinajstić information content (AvgIpc) is 3.70. The molecule has 0 saturated carbocycles. The van der Waals surface area contributed by atoms with Crippen molar-refractivity contribution >= 4 is 59.3 Å². The molecule has 0 atom stereocenters. The van der Waals surface area contributed by atoms with Crippen molar-refractivity contribution < 1.29 is 0 Å². The zero-order valence-electron chi connectivity index (χ0n) is 32.9. The maximum absolute atomic E-state index is 2.42. The number of rotatable bonds is 8. The molecule has 0 saturated heterocycles. The molecule has 1 nitrogen and oxygen atoms in total. The molecule has 11 rings (SSSR count). The fraction of sp³-hybridized carbons (Fsp3) is 0. The van der Waals surface area contributed by atoms with Gasteiger partial charge >= 0.3 is 0 Å². The van der Waals surface area contributed by atoms with E-state index in [1.165, 1.54) is 86.6 Å². The normalized spacial score (nSPS) is 11.3. The predicted octanol–water partition coefficient (Wildman–Crippen LogP) is 17.0. The summed E-state index contributed by atoms with van der Waals surface area (Å²) in [6.45, 7) is 0. The maximum Gasteiger partial charge on any atom is 0.0540 e. The summed E-state index contributed by atoms with van der Waals surface area (Å²) in [6, 6.07) is 86.1. The molecule has 0 aliphatic carbocycles. The number of hydrogen-bond acceptors (Lipinski definition) is 2. The molecule has 60 heavy (non-hydrogen) atoms. The number of nitrogens with zero attached hydrogens (tertiary/aromatic N) is 1. The van der Waals surface area contributed by atoms with Crippen LogP contribution in [0.3, 0.4) is 0 Å². The Bertz CT molecular complexity index is 3290. The van der Waals surface area contributed by atoms with Gasteiger partial charge in [-0.05, 0) is 109 Å². The second kappa shape index (κ2) is 15.3. The summed E-state index contributed by atoms with van der Waals surface area (Å²) < 4.78 is 2.59. The Morgan fingerprint density at radius 1 is 0.267 bits per heavy atom. The first-order chi connectivity index (χ1) is 29.7. The van der Waals surface area contributed by atoms with Crippen LogP contribution in [0, 0.1) is 0 Å². The Balaban J connectivity index is 0.939. The summed E-state index contributed by atoms with van der Waals surface area (Å²) in [5, 5.41) is 5.12. The highest BCUT2D eigenvalue weighted by Gasteiger charge is 2.19. The second-order valence-electron chi connectivity index (χ2n) is 15.3. The molecule has 0 unspecified atom stereocenters. The molecule has 11 aromatic rings. The molecule has 0 bridgehead atoms. The molecule has 1 heterocycles. The van der Waals surface area contributed by atoms with Crippen molar-refractivity contribution in [3.8, 4) is 55.6 Å². The fourth-order valence-corrected chi connectivity index (χ4v) is 9.71. The predicted molar refractivity (Wildman–Crippen MR) is 259 cm³/mol. The molecule has 0 amide bonds. The molecule has 0 N–H and O–H groups in total. The highest BCUT2D eigenvalue weighted by Crippen LogP contribution is 2.44. The van der Waals surface area contributed by atoms with Crippen LogP contribution in [0.1, 0.15) is 0 Å². The van der Waals surface area contributed by atoms with E-state index in [0.29, 0.717) is 0 Å². The van der Waals surface area contributed by atoms with Gasteiger partial charge in [-0.1, -0.05) is 188 Å². The first-order valence-electron chi connectivity index (χ1n) is 20.5. The molecule has 2 heteroatoms. The van der Waals surface area contributed by atoms with Crippen molar-refractivity contribution in [2.75, 3.05) is 4.90 Å². The maximum atomic E-state index is 2.42. The Labute approximate surface area is 354 Å². The van der Waals surface area contributed by atoms with Gasteiger partial charge in [-0.25, -0.2) is 0 Å². The molecule has 0 aliphatic rings. The van der Waals surface area contributed by atoms with Gasteiger partial charge in [0.05, 0.1) is 5.69 Å². The lowest BCUT2D eigenvalue weighted by Crippen LogP contribution is -2.11. The summed E-state index contributed by atoms with van der Waals surface area (Å²) in [5.41, 5.74) is 15.4.